The first-order valence-corrected chi connectivity index (χ1v) is 12.9. The Kier molecular flexibility index (Phi) is 9.60. The summed E-state index contributed by atoms with van der Waals surface area (Å²) in [7, 11) is 0. The minimum Gasteiger partial charge on any atom is -0.352 e. The molecule has 0 heterocycles. The number of amides is 2. The maximum absolute atomic E-state index is 13.2. The summed E-state index contributed by atoms with van der Waals surface area (Å²) in [4.78, 5) is 28.8. The molecule has 1 fully saturated rings. The Labute approximate surface area is 209 Å². The van der Waals surface area contributed by atoms with Gasteiger partial charge in [0.15, 0.2) is 0 Å². The Bertz CT molecular complexity index is 933. The molecule has 32 heavy (non-hydrogen) atoms. The van der Waals surface area contributed by atoms with E-state index in [2.05, 4.69) is 5.32 Å². The number of carbonyl (C=O) groups excluding carboxylic acids is 2. The third-order valence-electron chi connectivity index (χ3n) is 5.60. The van der Waals surface area contributed by atoms with E-state index in [0.29, 0.717) is 33.8 Å². The summed E-state index contributed by atoms with van der Waals surface area (Å²) in [6, 6.07) is 12.4. The zero-order valence-electron chi connectivity index (χ0n) is 18.0. The molecule has 0 spiro atoms. The van der Waals surface area contributed by atoms with Crippen LogP contribution in [0.5, 0.6) is 0 Å². The molecule has 8 heteroatoms. The highest BCUT2D eigenvalue weighted by atomic mass is 35.5. The first-order chi connectivity index (χ1) is 15.3. The average Bonchev–Trinajstić information content (AvgIpc) is 3.28. The van der Waals surface area contributed by atoms with Crippen molar-refractivity contribution in [2.45, 2.75) is 62.6 Å². The van der Waals surface area contributed by atoms with Gasteiger partial charge in [-0.15, -0.1) is 11.8 Å². The van der Waals surface area contributed by atoms with E-state index < -0.39 is 6.04 Å². The molecule has 1 N–H and O–H groups in total. The molecule has 1 aliphatic rings. The number of halogens is 3. The van der Waals surface area contributed by atoms with Gasteiger partial charge in [0.05, 0.1) is 10.0 Å². The van der Waals surface area contributed by atoms with E-state index in [9.17, 15) is 9.59 Å². The minimum absolute atomic E-state index is 0.0772. The molecule has 3 rings (SSSR count). The molecule has 1 aliphatic carbocycles. The van der Waals surface area contributed by atoms with Crippen LogP contribution in [0.1, 0.15) is 44.6 Å². The molecule has 172 valence electrons. The Morgan fingerprint density at radius 1 is 1.06 bits per heavy atom. The largest absolute Gasteiger partial charge is 0.352 e. The van der Waals surface area contributed by atoms with Gasteiger partial charge in [0.25, 0.3) is 0 Å². The number of benzene rings is 2. The van der Waals surface area contributed by atoms with Crippen LogP contribution in [0, 0.1) is 0 Å². The second-order valence-corrected chi connectivity index (χ2v) is 10.4. The zero-order valence-corrected chi connectivity index (χ0v) is 21.0. The summed E-state index contributed by atoms with van der Waals surface area (Å²) in [6.45, 7) is 2.08. The fraction of sp³-hybridized carbons (Fsp3) is 0.417. The van der Waals surface area contributed by atoms with E-state index >= 15 is 0 Å². The molecular weight excluding hydrogens is 487 g/mol. The summed E-state index contributed by atoms with van der Waals surface area (Å²) in [5.41, 5.74) is 0.832. The fourth-order valence-corrected chi connectivity index (χ4v) is 5.03. The van der Waals surface area contributed by atoms with Crippen molar-refractivity contribution in [1.29, 1.82) is 0 Å². The lowest BCUT2D eigenvalue weighted by Crippen LogP contribution is -2.49. The van der Waals surface area contributed by atoms with Gasteiger partial charge in [-0.3, -0.25) is 9.59 Å². The summed E-state index contributed by atoms with van der Waals surface area (Å²) in [5.74, 6) is 0.414. The fourth-order valence-electron chi connectivity index (χ4n) is 3.74. The van der Waals surface area contributed by atoms with Crippen LogP contribution >= 0.6 is 46.6 Å². The van der Waals surface area contributed by atoms with Gasteiger partial charge in [0.2, 0.25) is 11.8 Å². The highest BCUT2D eigenvalue weighted by Crippen LogP contribution is 2.25. The Morgan fingerprint density at radius 2 is 1.75 bits per heavy atom. The Hall–Kier alpha value is -1.40. The van der Waals surface area contributed by atoms with E-state index in [-0.39, 0.29) is 17.9 Å². The predicted octanol–water partition coefficient (Wildman–Crippen LogP) is 6.61. The molecule has 1 saturated carbocycles. The van der Waals surface area contributed by atoms with Crippen LogP contribution in [0.2, 0.25) is 15.1 Å². The van der Waals surface area contributed by atoms with Crippen molar-refractivity contribution >= 4 is 58.4 Å². The molecule has 4 nitrogen and oxygen atoms in total. The number of carbonyl (C=O) groups is 2. The highest BCUT2D eigenvalue weighted by Gasteiger charge is 2.28. The second kappa shape index (κ2) is 12.2. The lowest BCUT2D eigenvalue weighted by molar-refractivity contribution is -0.140. The number of nitrogens with zero attached hydrogens (tertiary/aromatic N) is 1. The van der Waals surface area contributed by atoms with E-state index in [4.69, 9.17) is 34.8 Å². The Morgan fingerprint density at radius 3 is 2.41 bits per heavy atom. The lowest BCUT2D eigenvalue weighted by atomic mass is 10.1. The van der Waals surface area contributed by atoms with E-state index in [1.165, 1.54) is 0 Å². The van der Waals surface area contributed by atoms with Gasteiger partial charge in [-0.25, -0.2) is 0 Å². The van der Waals surface area contributed by atoms with Crippen LogP contribution in [0.25, 0.3) is 0 Å². The molecular formula is C24H27Cl3N2O2S. The monoisotopic (exact) mass is 512 g/mol. The molecule has 0 bridgehead atoms. The van der Waals surface area contributed by atoms with Crippen molar-refractivity contribution in [3.8, 4) is 0 Å². The van der Waals surface area contributed by atoms with Gasteiger partial charge in [-0.2, -0.15) is 0 Å². The van der Waals surface area contributed by atoms with Crippen molar-refractivity contribution in [3.63, 3.8) is 0 Å². The molecule has 0 radical (unpaired) electrons. The number of thioether (sulfide) groups is 1. The van der Waals surface area contributed by atoms with Crippen molar-refractivity contribution in [2.75, 3.05) is 5.75 Å². The smallest absolute Gasteiger partial charge is 0.242 e. The van der Waals surface area contributed by atoms with Gasteiger partial charge in [0.1, 0.15) is 6.04 Å². The predicted molar refractivity (Wildman–Crippen MR) is 134 cm³/mol. The van der Waals surface area contributed by atoms with Crippen molar-refractivity contribution in [3.05, 3.63) is 63.1 Å². The Balaban J connectivity index is 1.67. The van der Waals surface area contributed by atoms with E-state index in [0.717, 1.165) is 36.1 Å². The molecule has 0 unspecified atom stereocenters. The summed E-state index contributed by atoms with van der Waals surface area (Å²) >= 11 is 19.7. The minimum atomic E-state index is -0.585. The van der Waals surface area contributed by atoms with Crippen LogP contribution in [-0.2, 0) is 16.1 Å². The van der Waals surface area contributed by atoms with Crippen molar-refractivity contribution in [2.24, 2.45) is 0 Å². The molecule has 2 amide bonds. The molecule has 0 aliphatic heterocycles. The van der Waals surface area contributed by atoms with Gasteiger partial charge in [-0.1, -0.05) is 53.7 Å². The molecule has 0 saturated heterocycles. The normalized spacial score (nSPS) is 14.9. The molecule has 2 aromatic rings. The molecule has 0 aromatic heterocycles. The SMILES string of the molecule is C[C@H](C(=O)NC1CCCC1)N(Cc1ccc(Cl)c(Cl)c1)C(=O)CCSc1ccc(Cl)cc1. The van der Waals surface area contributed by atoms with Crippen LogP contribution in [0.15, 0.2) is 47.4 Å². The third-order valence-corrected chi connectivity index (χ3v) is 7.61. The average molecular weight is 514 g/mol. The standard InChI is InChI=1S/C24H27Cl3N2O2S/c1-16(24(31)28-19-4-2-3-5-19)29(15-17-6-11-21(26)22(27)14-17)23(30)12-13-32-20-9-7-18(25)8-10-20/h6-11,14,16,19H,2-5,12-13,15H2,1H3,(H,28,31)/t16-/m1/s1. The van der Waals surface area contributed by atoms with Gasteiger partial charge in [0, 0.05) is 34.7 Å². The van der Waals surface area contributed by atoms with E-state index in [1.807, 2.05) is 30.3 Å². The molecule has 2 aromatic carbocycles. The second-order valence-electron chi connectivity index (χ2n) is 7.99. The maximum atomic E-state index is 13.2. The van der Waals surface area contributed by atoms with Crippen LogP contribution in [0.3, 0.4) is 0 Å². The topological polar surface area (TPSA) is 49.4 Å². The van der Waals surface area contributed by atoms with Crippen LogP contribution in [0.4, 0.5) is 0 Å². The highest BCUT2D eigenvalue weighted by molar-refractivity contribution is 7.99. The first kappa shape index (κ1) is 25.2. The maximum Gasteiger partial charge on any atom is 0.242 e. The van der Waals surface area contributed by atoms with Gasteiger partial charge in [-0.05, 0) is 61.7 Å². The first-order valence-electron chi connectivity index (χ1n) is 10.8. The number of nitrogens with one attached hydrogen (secondary N) is 1. The number of hydrogen-bond acceptors (Lipinski definition) is 3. The van der Waals surface area contributed by atoms with E-state index in [1.54, 1.807) is 35.7 Å². The van der Waals surface area contributed by atoms with Crippen molar-refractivity contribution in [1.82, 2.24) is 10.2 Å². The summed E-state index contributed by atoms with van der Waals surface area (Å²) < 4.78 is 0. The lowest BCUT2D eigenvalue weighted by Gasteiger charge is -2.30. The summed E-state index contributed by atoms with van der Waals surface area (Å²) in [6.07, 6.45) is 4.57. The van der Waals surface area contributed by atoms with Gasteiger partial charge >= 0.3 is 0 Å². The zero-order chi connectivity index (χ0) is 23.1. The van der Waals surface area contributed by atoms with Gasteiger partial charge < -0.3 is 10.2 Å². The van der Waals surface area contributed by atoms with Crippen molar-refractivity contribution < 1.29 is 9.59 Å². The van der Waals surface area contributed by atoms with Crippen LogP contribution < -0.4 is 5.32 Å². The molecule has 1 atom stereocenters. The third kappa shape index (κ3) is 7.31. The quantitative estimate of drug-likeness (QED) is 0.384. The van der Waals surface area contributed by atoms with Crippen LogP contribution in [-0.4, -0.2) is 34.6 Å². The summed E-state index contributed by atoms with van der Waals surface area (Å²) in [5, 5.41) is 4.68. The number of hydrogen-bond donors (Lipinski definition) is 1. The number of rotatable bonds is 9.